The van der Waals surface area contributed by atoms with E-state index >= 15 is 0 Å². The summed E-state index contributed by atoms with van der Waals surface area (Å²) in [7, 11) is -3.85. The molecule has 0 radical (unpaired) electrons. The molecule has 2 N–H and O–H groups in total. The van der Waals surface area contributed by atoms with E-state index in [9.17, 15) is 30.8 Å². The molecule has 1 aliphatic carbocycles. The predicted octanol–water partition coefficient (Wildman–Crippen LogP) is 3.16. The van der Waals surface area contributed by atoms with E-state index in [1.54, 1.807) is 0 Å². The lowest BCUT2D eigenvalue weighted by molar-refractivity contribution is -0.160. The van der Waals surface area contributed by atoms with Gasteiger partial charge in [-0.1, -0.05) is 31.9 Å². The zero-order chi connectivity index (χ0) is 23.3. The Morgan fingerprint density at radius 3 is 2.32 bits per heavy atom. The van der Waals surface area contributed by atoms with Crippen molar-refractivity contribution in [2.45, 2.75) is 62.8 Å². The lowest BCUT2D eigenvalue weighted by Gasteiger charge is -2.28. The van der Waals surface area contributed by atoms with Crippen molar-refractivity contribution < 1.29 is 30.8 Å². The zero-order valence-electron chi connectivity index (χ0n) is 17.0. The van der Waals surface area contributed by atoms with Crippen molar-refractivity contribution in [3.05, 3.63) is 35.6 Å². The van der Waals surface area contributed by atoms with Crippen molar-refractivity contribution in [1.29, 1.82) is 5.26 Å². The van der Waals surface area contributed by atoms with Crippen LogP contribution in [0.25, 0.3) is 0 Å². The Morgan fingerprint density at radius 2 is 1.84 bits per heavy atom. The molecule has 31 heavy (non-hydrogen) atoms. The minimum atomic E-state index is -4.88. The van der Waals surface area contributed by atoms with Gasteiger partial charge in [0.05, 0.1) is 17.6 Å². The van der Waals surface area contributed by atoms with Crippen LogP contribution in [0.2, 0.25) is 0 Å². The van der Waals surface area contributed by atoms with Gasteiger partial charge < -0.3 is 5.32 Å². The Labute approximate surface area is 178 Å². The maximum atomic E-state index is 13.7. The Kier molecular flexibility index (Phi) is 8.05. The maximum absolute atomic E-state index is 13.7. The molecule has 0 bridgehead atoms. The number of benzene rings is 1. The van der Waals surface area contributed by atoms with Crippen LogP contribution in [0.15, 0.2) is 24.3 Å². The number of alkyl halides is 3. The van der Waals surface area contributed by atoms with E-state index in [1.165, 1.54) is 0 Å². The fraction of sp³-hybridized carbons (Fsp3) is 0.600. The molecule has 0 unspecified atom stereocenters. The molecule has 2 rings (SSSR count). The van der Waals surface area contributed by atoms with Crippen molar-refractivity contribution in [3.8, 4) is 6.07 Å². The van der Waals surface area contributed by atoms with Crippen LogP contribution in [0.3, 0.4) is 0 Å². The minimum absolute atomic E-state index is 0.261. The van der Waals surface area contributed by atoms with Crippen LogP contribution < -0.4 is 10.6 Å². The first-order chi connectivity index (χ1) is 14.4. The summed E-state index contributed by atoms with van der Waals surface area (Å²) < 4.78 is 79.3. The highest BCUT2D eigenvalue weighted by molar-refractivity contribution is 7.91. The van der Waals surface area contributed by atoms with Crippen molar-refractivity contribution in [1.82, 2.24) is 10.6 Å². The van der Waals surface area contributed by atoms with Crippen LogP contribution in [-0.2, 0) is 14.6 Å². The summed E-state index contributed by atoms with van der Waals surface area (Å²) in [4.78, 5) is 12.7. The smallest absolute Gasteiger partial charge is 0.336 e. The van der Waals surface area contributed by atoms with Gasteiger partial charge in [0, 0.05) is 0 Å². The van der Waals surface area contributed by atoms with Crippen molar-refractivity contribution in [2.24, 2.45) is 0 Å². The number of hydrogen-bond donors (Lipinski definition) is 2. The Balaban J connectivity index is 2.29. The molecule has 11 heteroatoms. The fourth-order valence-electron chi connectivity index (χ4n) is 3.06. The molecular formula is C20H25F4N3O3S. The van der Waals surface area contributed by atoms with Crippen molar-refractivity contribution >= 4 is 15.7 Å². The zero-order valence-corrected chi connectivity index (χ0v) is 17.8. The van der Waals surface area contributed by atoms with E-state index < -0.39 is 51.1 Å². The van der Waals surface area contributed by atoms with E-state index in [4.69, 9.17) is 5.26 Å². The predicted molar refractivity (Wildman–Crippen MR) is 106 cm³/mol. The molecule has 1 aromatic rings. The van der Waals surface area contributed by atoms with Crippen LogP contribution in [0.4, 0.5) is 17.6 Å². The summed E-state index contributed by atoms with van der Waals surface area (Å²) >= 11 is 0. The number of hydrogen-bond acceptors (Lipinski definition) is 5. The summed E-state index contributed by atoms with van der Waals surface area (Å²) in [6.45, 7) is 1.87. The van der Waals surface area contributed by atoms with Gasteiger partial charge in [0.1, 0.15) is 23.4 Å². The van der Waals surface area contributed by atoms with Gasteiger partial charge in [-0.3, -0.25) is 10.1 Å². The number of nitrogens with zero attached hydrogens (tertiary/aromatic N) is 1. The van der Waals surface area contributed by atoms with Gasteiger partial charge in [-0.2, -0.15) is 18.4 Å². The number of carbonyl (C=O) groups excluding carboxylic acids is 1. The fourth-order valence-corrected chi connectivity index (χ4v) is 4.62. The molecule has 1 fully saturated rings. The summed E-state index contributed by atoms with van der Waals surface area (Å²) in [5.41, 5.74) is -1.54. The third kappa shape index (κ3) is 7.47. The molecule has 6 nitrogen and oxygen atoms in total. The second kappa shape index (κ2) is 9.96. The van der Waals surface area contributed by atoms with E-state index in [2.05, 4.69) is 10.6 Å². The van der Waals surface area contributed by atoms with Crippen LogP contribution in [0.5, 0.6) is 0 Å². The standard InChI is InChI=1S/C20H25F4N3O3S/c1-2-3-4-11-31(29,30)12-16(18(28)27-19(13-25)9-10-19)26-17(20(22,23)24)14-5-7-15(21)8-6-14/h5-8,16-17,26H,2-4,9-12H2,1H3,(H,27,28)/t16-,17-/m0/s1. The summed E-state index contributed by atoms with van der Waals surface area (Å²) in [6.07, 6.45) is -2.49. The normalized spacial score (nSPS) is 17.4. The van der Waals surface area contributed by atoms with Gasteiger partial charge in [-0.05, 0) is 37.0 Å². The number of carbonyl (C=O) groups is 1. The minimum Gasteiger partial charge on any atom is -0.336 e. The van der Waals surface area contributed by atoms with Crippen LogP contribution in [0.1, 0.15) is 50.6 Å². The molecule has 0 heterocycles. The number of rotatable bonds is 11. The third-order valence-electron chi connectivity index (χ3n) is 5.02. The molecular weight excluding hydrogens is 438 g/mol. The average Bonchev–Trinajstić information content (AvgIpc) is 3.45. The molecule has 0 spiro atoms. The lowest BCUT2D eigenvalue weighted by Crippen LogP contribution is -2.54. The Hall–Kier alpha value is -2.19. The van der Waals surface area contributed by atoms with Crippen LogP contribution in [0, 0.1) is 17.1 Å². The van der Waals surface area contributed by atoms with Gasteiger partial charge >= 0.3 is 6.18 Å². The topological polar surface area (TPSA) is 99.1 Å². The molecule has 1 amide bonds. The molecule has 1 saturated carbocycles. The van der Waals surface area contributed by atoms with Crippen molar-refractivity contribution in [2.75, 3.05) is 11.5 Å². The van der Waals surface area contributed by atoms with Gasteiger partial charge in [0.25, 0.3) is 0 Å². The second-order valence-electron chi connectivity index (χ2n) is 7.75. The number of sulfone groups is 1. The highest BCUT2D eigenvalue weighted by atomic mass is 32.2. The molecule has 0 saturated heterocycles. The number of nitrogens with one attached hydrogen (secondary N) is 2. The monoisotopic (exact) mass is 463 g/mol. The molecule has 1 aliphatic rings. The van der Waals surface area contributed by atoms with Gasteiger partial charge in [-0.15, -0.1) is 0 Å². The molecule has 1 aromatic carbocycles. The van der Waals surface area contributed by atoms with Crippen LogP contribution in [-0.4, -0.2) is 43.6 Å². The van der Waals surface area contributed by atoms with Gasteiger partial charge in [0.2, 0.25) is 5.91 Å². The molecule has 0 aliphatic heterocycles. The van der Waals surface area contributed by atoms with Crippen molar-refractivity contribution in [3.63, 3.8) is 0 Å². The lowest BCUT2D eigenvalue weighted by atomic mass is 10.0. The first-order valence-electron chi connectivity index (χ1n) is 9.93. The number of unbranched alkanes of at least 4 members (excludes halogenated alkanes) is 2. The molecule has 172 valence electrons. The van der Waals surface area contributed by atoms with E-state index in [0.29, 0.717) is 25.7 Å². The largest absolute Gasteiger partial charge is 0.407 e. The summed E-state index contributed by atoms with van der Waals surface area (Å²) in [5.74, 6) is -2.84. The van der Waals surface area contributed by atoms with E-state index in [1.807, 2.05) is 13.0 Å². The number of nitriles is 1. The highest BCUT2D eigenvalue weighted by Crippen LogP contribution is 2.35. The van der Waals surface area contributed by atoms with E-state index in [0.717, 1.165) is 30.7 Å². The Morgan fingerprint density at radius 1 is 1.23 bits per heavy atom. The average molecular weight is 463 g/mol. The number of halogens is 4. The quantitative estimate of drug-likeness (QED) is 0.388. The Bertz CT molecular complexity index is 907. The summed E-state index contributed by atoms with van der Waals surface area (Å²) in [6, 6.07) is 1.29. The van der Waals surface area contributed by atoms with E-state index in [-0.39, 0.29) is 11.3 Å². The van der Waals surface area contributed by atoms with Crippen LogP contribution >= 0.6 is 0 Å². The summed E-state index contributed by atoms with van der Waals surface area (Å²) in [5, 5.41) is 13.6. The molecule has 2 atom stereocenters. The highest BCUT2D eigenvalue weighted by Gasteiger charge is 2.48. The SMILES string of the molecule is CCCCCS(=O)(=O)C[C@H](N[C@@H](c1ccc(F)cc1)C(F)(F)F)C(=O)NC1(C#N)CC1. The maximum Gasteiger partial charge on any atom is 0.407 e. The van der Waals surface area contributed by atoms with Gasteiger partial charge in [0.15, 0.2) is 9.84 Å². The molecule has 0 aromatic heterocycles. The third-order valence-corrected chi connectivity index (χ3v) is 6.77. The first-order valence-corrected chi connectivity index (χ1v) is 11.8. The number of amides is 1. The van der Waals surface area contributed by atoms with Gasteiger partial charge in [-0.25, -0.2) is 12.8 Å². The second-order valence-corrected chi connectivity index (χ2v) is 9.98. The first kappa shape index (κ1) is 25.1.